The fourth-order valence-electron chi connectivity index (χ4n) is 1.73. The summed E-state index contributed by atoms with van der Waals surface area (Å²) in [7, 11) is 0. The van der Waals surface area contributed by atoms with Crippen molar-refractivity contribution in [2.45, 2.75) is 31.9 Å². The third kappa shape index (κ3) is 2.33. The highest BCUT2D eigenvalue weighted by molar-refractivity contribution is 5.07. The molecule has 78 valence electrons. The van der Waals surface area contributed by atoms with Crippen molar-refractivity contribution in [3.8, 4) is 0 Å². The molecule has 2 N–H and O–H groups in total. The van der Waals surface area contributed by atoms with Crippen LogP contribution in [0.4, 0.5) is 0 Å². The molecule has 0 saturated carbocycles. The molecule has 2 heterocycles. The molecule has 4 heteroatoms. The monoisotopic (exact) mass is 195 g/mol. The predicted molar refractivity (Wildman–Crippen MR) is 54.0 cm³/mol. The third-order valence-corrected chi connectivity index (χ3v) is 2.70. The van der Waals surface area contributed by atoms with Gasteiger partial charge in [0.25, 0.3) is 0 Å². The Balaban J connectivity index is 1.74. The van der Waals surface area contributed by atoms with Gasteiger partial charge in [0.1, 0.15) is 0 Å². The highest BCUT2D eigenvalue weighted by Crippen LogP contribution is 2.13. The molecule has 0 bridgehead atoms. The van der Waals surface area contributed by atoms with Crippen LogP contribution in [0.15, 0.2) is 12.4 Å². The Kier molecular flexibility index (Phi) is 3.16. The number of aromatic nitrogens is 2. The maximum absolute atomic E-state index is 5.53. The summed E-state index contributed by atoms with van der Waals surface area (Å²) in [6, 6.07) is 0.345. The summed E-state index contributed by atoms with van der Waals surface area (Å²) in [6.45, 7) is 4.00. The first-order valence-corrected chi connectivity index (χ1v) is 5.20. The predicted octanol–water partition coefficient (Wildman–Crippen LogP) is 1.24. The molecule has 0 aromatic carbocycles. The van der Waals surface area contributed by atoms with E-state index in [1.165, 1.54) is 18.4 Å². The fourth-order valence-corrected chi connectivity index (χ4v) is 1.73. The smallest absolute Gasteiger partial charge is 0.0700 e. The average molecular weight is 195 g/mol. The average Bonchev–Trinajstić information content (AvgIpc) is 2.87. The van der Waals surface area contributed by atoms with Crippen molar-refractivity contribution >= 4 is 0 Å². The van der Waals surface area contributed by atoms with E-state index in [0.29, 0.717) is 12.1 Å². The zero-order chi connectivity index (χ0) is 9.80. The third-order valence-electron chi connectivity index (χ3n) is 2.70. The minimum absolute atomic E-state index is 0.345. The van der Waals surface area contributed by atoms with Gasteiger partial charge in [-0.1, -0.05) is 0 Å². The number of nitrogens with one attached hydrogen (secondary N) is 2. The van der Waals surface area contributed by atoms with Crippen LogP contribution in [0.5, 0.6) is 0 Å². The largest absolute Gasteiger partial charge is 0.377 e. The fraction of sp³-hybridized carbons (Fsp3) is 0.700. The minimum Gasteiger partial charge on any atom is -0.377 e. The van der Waals surface area contributed by atoms with Crippen LogP contribution in [0.2, 0.25) is 0 Å². The molecule has 1 aliphatic heterocycles. The maximum Gasteiger partial charge on any atom is 0.0700 e. The van der Waals surface area contributed by atoms with E-state index in [-0.39, 0.29) is 0 Å². The summed E-state index contributed by atoms with van der Waals surface area (Å²) in [6.07, 6.45) is 6.57. The number of hydrogen-bond acceptors (Lipinski definition) is 3. The van der Waals surface area contributed by atoms with Crippen molar-refractivity contribution in [2.75, 3.05) is 13.2 Å². The van der Waals surface area contributed by atoms with Crippen molar-refractivity contribution in [2.24, 2.45) is 0 Å². The van der Waals surface area contributed by atoms with Gasteiger partial charge in [-0.05, 0) is 19.8 Å². The standard InChI is InChI=1S/C10H17N3O/c1-8(9-5-12-13-6-9)11-7-10-3-2-4-14-10/h5-6,8,10-11H,2-4,7H2,1H3,(H,12,13). The van der Waals surface area contributed by atoms with E-state index in [1.54, 1.807) is 0 Å². The second-order valence-electron chi connectivity index (χ2n) is 3.80. The Morgan fingerprint density at radius 1 is 1.79 bits per heavy atom. The summed E-state index contributed by atoms with van der Waals surface area (Å²) < 4.78 is 5.53. The lowest BCUT2D eigenvalue weighted by molar-refractivity contribution is 0.108. The van der Waals surface area contributed by atoms with Crippen molar-refractivity contribution < 1.29 is 4.74 Å². The summed E-state index contributed by atoms with van der Waals surface area (Å²) in [4.78, 5) is 0. The molecule has 0 aliphatic carbocycles. The first-order valence-electron chi connectivity index (χ1n) is 5.20. The summed E-state index contributed by atoms with van der Waals surface area (Å²) in [5, 5.41) is 10.2. The Morgan fingerprint density at radius 2 is 2.71 bits per heavy atom. The highest BCUT2D eigenvalue weighted by atomic mass is 16.5. The summed E-state index contributed by atoms with van der Waals surface area (Å²) >= 11 is 0. The summed E-state index contributed by atoms with van der Waals surface area (Å²) in [5.74, 6) is 0. The number of hydrogen-bond donors (Lipinski definition) is 2. The van der Waals surface area contributed by atoms with Gasteiger partial charge in [-0.15, -0.1) is 0 Å². The van der Waals surface area contributed by atoms with Crippen LogP contribution in [-0.2, 0) is 4.74 Å². The molecule has 1 aliphatic rings. The van der Waals surface area contributed by atoms with Crippen molar-refractivity contribution in [1.29, 1.82) is 0 Å². The molecule has 2 unspecified atom stereocenters. The molecular formula is C10H17N3O. The van der Waals surface area contributed by atoms with Crippen LogP contribution in [0.1, 0.15) is 31.4 Å². The van der Waals surface area contributed by atoms with E-state index in [2.05, 4.69) is 22.4 Å². The first kappa shape index (κ1) is 9.68. The first-order chi connectivity index (χ1) is 6.86. The van der Waals surface area contributed by atoms with Gasteiger partial charge in [-0.2, -0.15) is 5.10 Å². The van der Waals surface area contributed by atoms with Crippen LogP contribution in [-0.4, -0.2) is 29.5 Å². The van der Waals surface area contributed by atoms with Crippen LogP contribution in [0.25, 0.3) is 0 Å². The van der Waals surface area contributed by atoms with E-state index >= 15 is 0 Å². The highest BCUT2D eigenvalue weighted by Gasteiger charge is 2.16. The molecule has 0 amide bonds. The van der Waals surface area contributed by atoms with Crippen LogP contribution in [0, 0.1) is 0 Å². The number of ether oxygens (including phenoxy) is 1. The van der Waals surface area contributed by atoms with Crippen LogP contribution in [0.3, 0.4) is 0 Å². The van der Waals surface area contributed by atoms with Crippen molar-refractivity contribution in [1.82, 2.24) is 15.5 Å². The van der Waals surface area contributed by atoms with E-state index in [9.17, 15) is 0 Å². The molecule has 1 aromatic heterocycles. The Hall–Kier alpha value is -0.870. The molecule has 1 saturated heterocycles. The van der Waals surface area contributed by atoms with Gasteiger partial charge in [-0.25, -0.2) is 0 Å². The SMILES string of the molecule is CC(NCC1CCCO1)c1cn[nH]c1. The van der Waals surface area contributed by atoms with Gasteiger partial charge in [-0.3, -0.25) is 5.10 Å². The second kappa shape index (κ2) is 4.57. The number of rotatable bonds is 4. The van der Waals surface area contributed by atoms with Gasteiger partial charge in [0.2, 0.25) is 0 Å². The van der Waals surface area contributed by atoms with Crippen molar-refractivity contribution in [3.63, 3.8) is 0 Å². The Labute approximate surface area is 84.0 Å². The Morgan fingerprint density at radius 3 is 3.36 bits per heavy atom. The van der Waals surface area contributed by atoms with Crippen molar-refractivity contribution in [3.05, 3.63) is 18.0 Å². The number of H-pyrrole nitrogens is 1. The molecule has 1 aromatic rings. The summed E-state index contributed by atoms with van der Waals surface area (Å²) in [5.41, 5.74) is 1.20. The molecule has 2 rings (SSSR count). The topological polar surface area (TPSA) is 49.9 Å². The van der Waals surface area contributed by atoms with E-state index in [0.717, 1.165) is 13.2 Å². The van der Waals surface area contributed by atoms with E-state index < -0.39 is 0 Å². The molecule has 0 radical (unpaired) electrons. The minimum atomic E-state index is 0.345. The molecule has 0 spiro atoms. The zero-order valence-electron chi connectivity index (χ0n) is 8.49. The quantitative estimate of drug-likeness (QED) is 0.760. The van der Waals surface area contributed by atoms with Gasteiger partial charge >= 0.3 is 0 Å². The lowest BCUT2D eigenvalue weighted by Gasteiger charge is -2.15. The molecular weight excluding hydrogens is 178 g/mol. The molecule has 1 fully saturated rings. The van der Waals surface area contributed by atoms with E-state index in [4.69, 9.17) is 4.74 Å². The second-order valence-corrected chi connectivity index (χ2v) is 3.80. The van der Waals surface area contributed by atoms with E-state index in [1.807, 2.05) is 12.4 Å². The van der Waals surface area contributed by atoms with Crippen LogP contribution >= 0.6 is 0 Å². The van der Waals surface area contributed by atoms with Gasteiger partial charge < -0.3 is 10.1 Å². The van der Waals surface area contributed by atoms with Gasteiger partial charge in [0.05, 0.1) is 12.3 Å². The number of aromatic amines is 1. The molecule has 4 nitrogen and oxygen atoms in total. The lowest BCUT2D eigenvalue weighted by atomic mass is 10.2. The lowest BCUT2D eigenvalue weighted by Crippen LogP contribution is -2.28. The number of nitrogens with zero attached hydrogens (tertiary/aromatic N) is 1. The maximum atomic E-state index is 5.53. The Bertz CT molecular complexity index is 254. The molecule has 2 atom stereocenters. The van der Waals surface area contributed by atoms with Crippen LogP contribution < -0.4 is 5.32 Å². The van der Waals surface area contributed by atoms with Gasteiger partial charge in [0.15, 0.2) is 0 Å². The molecule has 14 heavy (non-hydrogen) atoms. The van der Waals surface area contributed by atoms with Gasteiger partial charge in [0, 0.05) is 31.0 Å². The normalized spacial score (nSPS) is 23.9. The zero-order valence-corrected chi connectivity index (χ0v) is 8.49.